The largest absolute Gasteiger partial charge is 0.357 e. The zero-order valence-corrected chi connectivity index (χ0v) is 17.9. The quantitative estimate of drug-likeness (QED) is 0.733. The van der Waals surface area contributed by atoms with Crippen molar-refractivity contribution in [1.82, 2.24) is 9.29 Å². The van der Waals surface area contributed by atoms with Gasteiger partial charge in [-0.15, -0.1) is 0 Å². The number of aryl methyl sites for hydroxylation is 1. The van der Waals surface area contributed by atoms with Gasteiger partial charge in [0.25, 0.3) is 0 Å². The van der Waals surface area contributed by atoms with E-state index in [9.17, 15) is 13.2 Å². The number of nitrogens with zero attached hydrogens (tertiary/aromatic N) is 3. The molecule has 0 bridgehead atoms. The fourth-order valence-corrected chi connectivity index (χ4v) is 5.50. The van der Waals surface area contributed by atoms with Crippen LogP contribution in [0.4, 0.5) is 11.5 Å². The number of nitrogens with one attached hydrogen (secondary N) is 1. The minimum Gasteiger partial charge on any atom is -0.357 e. The lowest BCUT2D eigenvalue weighted by molar-refractivity contribution is -0.116. The average Bonchev–Trinajstić information content (AvgIpc) is 3.48. The van der Waals surface area contributed by atoms with E-state index in [-0.39, 0.29) is 5.91 Å². The minimum absolute atomic E-state index is 0.0838. The van der Waals surface area contributed by atoms with E-state index in [1.165, 1.54) is 12.8 Å². The van der Waals surface area contributed by atoms with Crippen molar-refractivity contribution in [3.8, 4) is 0 Å². The van der Waals surface area contributed by atoms with Crippen LogP contribution in [0.15, 0.2) is 47.5 Å². The molecule has 1 aromatic heterocycles. The highest BCUT2D eigenvalue weighted by molar-refractivity contribution is 7.89. The number of hydrogen-bond acceptors (Lipinski definition) is 5. The Balaban J connectivity index is 1.28. The number of aromatic nitrogens is 1. The fraction of sp³-hybridized carbons (Fsp3) is 0.455. The molecule has 0 atom stereocenters. The Bertz CT molecular complexity index is 962. The van der Waals surface area contributed by atoms with Gasteiger partial charge in [0.05, 0.1) is 16.8 Å². The monoisotopic (exact) mass is 428 g/mol. The molecule has 0 aliphatic carbocycles. The first-order valence-corrected chi connectivity index (χ1v) is 12.1. The topological polar surface area (TPSA) is 82.6 Å². The van der Waals surface area contributed by atoms with Crippen molar-refractivity contribution in [2.45, 2.75) is 43.4 Å². The highest BCUT2D eigenvalue weighted by Gasteiger charge is 2.26. The van der Waals surface area contributed by atoms with E-state index < -0.39 is 10.0 Å². The van der Waals surface area contributed by atoms with E-state index in [0.717, 1.165) is 37.3 Å². The summed E-state index contributed by atoms with van der Waals surface area (Å²) in [5.74, 6) is 0.869. The summed E-state index contributed by atoms with van der Waals surface area (Å²) in [6.07, 6.45) is 6.81. The molecule has 2 aliphatic heterocycles. The summed E-state index contributed by atoms with van der Waals surface area (Å²) < 4.78 is 26.7. The van der Waals surface area contributed by atoms with Gasteiger partial charge in [-0.25, -0.2) is 13.4 Å². The van der Waals surface area contributed by atoms with Crippen molar-refractivity contribution in [2.24, 2.45) is 0 Å². The van der Waals surface area contributed by atoms with Gasteiger partial charge in [0.15, 0.2) is 0 Å². The molecule has 3 heterocycles. The summed E-state index contributed by atoms with van der Waals surface area (Å²) in [4.78, 5) is 19.3. The Morgan fingerprint density at radius 3 is 2.23 bits per heavy atom. The Hall–Kier alpha value is -2.45. The molecule has 2 saturated heterocycles. The van der Waals surface area contributed by atoms with Crippen molar-refractivity contribution >= 4 is 27.4 Å². The molecule has 0 saturated carbocycles. The molecule has 2 fully saturated rings. The zero-order valence-electron chi connectivity index (χ0n) is 17.1. The van der Waals surface area contributed by atoms with E-state index in [1.807, 2.05) is 12.1 Å². The van der Waals surface area contributed by atoms with Crippen molar-refractivity contribution < 1.29 is 13.2 Å². The van der Waals surface area contributed by atoms with Gasteiger partial charge in [-0.2, -0.15) is 4.31 Å². The molecule has 1 N–H and O–H groups in total. The Morgan fingerprint density at radius 2 is 1.60 bits per heavy atom. The lowest BCUT2D eigenvalue weighted by Crippen LogP contribution is -2.27. The first-order chi connectivity index (χ1) is 14.5. The summed E-state index contributed by atoms with van der Waals surface area (Å²) in [5.41, 5.74) is 1.63. The summed E-state index contributed by atoms with van der Waals surface area (Å²) >= 11 is 0. The van der Waals surface area contributed by atoms with E-state index in [0.29, 0.717) is 36.5 Å². The van der Waals surface area contributed by atoms with Crippen molar-refractivity contribution in [3.05, 3.63) is 48.2 Å². The molecule has 1 aromatic carbocycles. The lowest BCUT2D eigenvalue weighted by Gasteiger charge is -2.16. The van der Waals surface area contributed by atoms with Crippen LogP contribution in [0.2, 0.25) is 0 Å². The predicted octanol–water partition coefficient (Wildman–Crippen LogP) is 3.04. The van der Waals surface area contributed by atoms with Gasteiger partial charge in [-0.1, -0.05) is 12.1 Å². The highest BCUT2D eigenvalue weighted by atomic mass is 32.2. The minimum atomic E-state index is -3.39. The molecule has 4 rings (SSSR count). The SMILES string of the molecule is O=C(CCc1ccc(S(=O)(=O)N2CCCC2)cc1)Nc1ccc(N2CCCC2)nc1. The number of amides is 1. The van der Waals surface area contributed by atoms with Crippen LogP contribution < -0.4 is 10.2 Å². The number of benzene rings is 1. The number of pyridine rings is 1. The second-order valence-corrected chi connectivity index (χ2v) is 9.84. The van der Waals surface area contributed by atoms with Crippen LogP contribution in [0.25, 0.3) is 0 Å². The third-order valence-corrected chi connectivity index (χ3v) is 7.64. The maximum atomic E-state index is 12.6. The van der Waals surface area contributed by atoms with Gasteiger partial charge < -0.3 is 10.2 Å². The molecule has 8 heteroatoms. The lowest BCUT2D eigenvalue weighted by atomic mass is 10.1. The van der Waals surface area contributed by atoms with Crippen molar-refractivity contribution in [3.63, 3.8) is 0 Å². The summed E-state index contributed by atoms with van der Waals surface area (Å²) in [5, 5.41) is 2.88. The van der Waals surface area contributed by atoms with Gasteiger partial charge in [0.2, 0.25) is 15.9 Å². The third kappa shape index (κ3) is 4.82. The summed E-state index contributed by atoms with van der Waals surface area (Å²) in [6.45, 7) is 3.27. The Morgan fingerprint density at radius 1 is 0.933 bits per heavy atom. The van der Waals surface area contributed by atoms with Gasteiger partial charge in [-0.3, -0.25) is 4.79 Å². The second kappa shape index (κ2) is 9.14. The van der Waals surface area contributed by atoms with Crippen molar-refractivity contribution in [1.29, 1.82) is 0 Å². The second-order valence-electron chi connectivity index (χ2n) is 7.90. The first-order valence-electron chi connectivity index (χ1n) is 10.6. The Labute approximate surface area is 178 Å². The average molecular weight is 429 g/mol. The van der Waals surface area contributed by atoms with Crippen LogP contribution in [-0.4, -0.2) is 49.8 Å². The number of carbonyl (C=O) groups excluding carboxylic acids is 1. The van der Waals surface area contributed by atoms with Crippen LogP contribution in [0, 0.1) is 0 Å². The number of hydrogen-bond donors (Lipinski definition) is 1. The van der Waals surface area contributed by atoms with E-state index in [2.05, 4.69) is 15.2 Å². The molecule has 0 spiro atoms. The normalized spacial score (nSPS) is 17.4. The first kappa shape index (κ1) is 20.8. The zero-order chi connectivity index (χ0) is 21.0. The molecule has 0 unspecified atom stereocenters. The maximum absolute atomic E-state index is 12.6. The standard InChI is InChI=1S/C22H28N4O3S/c27-22(24-19-8-11-21(23-17-19)25-13-1-2-14-25)12-7-18-5-9-20(10-6-18)30(28,29)26-15-3-4-16-26/h5-6,8-11,17H,1-4,7,12-16H2,(H,24,27). The van der Waals surface area contributed by atoms with Gasteiger partial charge in [0, 0.05) is 32.6 Å². The highest BCUT2D eigenvalue weighted by Crippen LogP contribution is 2.22. The predicted molar refractivity (Wildman–Crippen MR) is 117 cm³/mol. The van der Waals surface area contributed by atoms with Gasteiger partial charge in [-0.05, 0) is 61.9 Å². The summed E-state index contributed by atoms with van der Waals surface area (Å²) in [6, 6.07) is 10.7. The van der Waals surface area contributed by atoms with E-state index in [4.69, 9.17) is 0 Å². The molecule has 2 aliphatic rings. The fourth-order valence-electron chi connectivity index (χ4n) is 3.98. The van der Waals surface area contributed by atoms with Crippen LogP contribution >= 0.6 is 0 Å². The molecular formula is C22H28N4O3S. The van der Waals surface area contributed by atoms with Crippen molar-refractivity contribution in [2.75, 3.05) is 36.4 Å². The summed E-state index contributed by atoms with van der Waals surface area (Å²) in [7, 11) is -3.39. The molecule has 0 radical (unpaired) electrons. The molecule has 160 valence electrons. The molecule has 30 heavy (non-hydrogen) atoms. The van der Waals surface area contributed by atoms with Gasteiger partial charge in [0.1, 0.15) is 5.82 Å². The van der Waals surface area contributed by atoms with Crippen LogP contribution in [-0.2, 0) is 21.2 Å². The van der Waals surface area contributed by atoms with Crippen LogP contribution in [0.5, 0.6) is 0 Å². The van der Waals surface area contributed by atoms with Gasteiger partial charge >= 0.3 is 0 Å². The number of anilines is 2. The molecule has 7 nitrogen and oxygen atoms in total. The Kier molecular flexibility index (Phi) is 6.34. The third-order valence-electron chi connectivity index (χ3n) is 5.73. The maximum Gasteiger partial charge on any atom is 0.243 e. The smallest absolute Gasteiger partial charge is 0.243 e. The number of rotatable bonds is 7. The molecule has 1 amide bonds. The number of sulfonamides is 1. The van der Waals surface area contributed by atoms with E-state index >= 15 is 0 Å². The van der Waals surface area contributed by atoms with Crippen LogP contribution in [0.3, 0.4) is 0 Å². The molecular weight excluding hydrogens is 400 g/mol. The van der Waals surface area contributed by atoms with Crippen LogP contribution in [0.1, 0.15) is 37.7 Å². The molecule has 2 aromatic rings. The van der Waals surface area contributed by atoms with E-state index in [1.54, 1.807) is 34.8 Å². The number of carbonyl (C=O) groups is 1.